The fourth-order valence-electron chi connectivity index (χ4n) is 2.96. The van der Waals surface area contributed by atoms with Crippen LogP contribution in [0.5, 0.6) is 11.5 Å². The summed E-state index contributed by atoms with van der Waals surface area (Å²) in [5.74, 6) is -1.58. The molecular weight excluding hydrogens is 666 g/mol. The van der Waals surface area contributed by atoms with E-state index in [0.717, 1.165) is 3.57 Å². The van der Waals surface area contributed by atoms with E-state index in [0.29, 0.717) is 3.57 Å². The Morgan fingerprint density at radius 1 is 1.16 bits per heavy atom. The number of aryl methyl sites for hydroxylation is 1. The fourth-order valence-corrected chi connectivity index (χ4v) is 5.84. The second-order valence-corrected chi connectivity index (χ2v) is 11.0. The molecule has 0 amide bonds. The zero-order valence-electron chi connectivity index (χ0n) is 17.5. The largest absolute Gasteiger partial charge is 0.744 e. The van der Waals surface area contributed by atoms with Gasteiger partial charge in [0.15, 0.2) is 0 Å². The lowest BCUT2D eigenvalue weighted by molar-refractivity contribution is -0.134. The minimum atomic E-state index is -4.67. The fraction of sp³-hybridized carbons (Fsp3) is 0.333. The first-order valence-corrected chi connectivity index (χ1v) is 13.0. The lowest BCUT2D eigenvalue weighted by atomic mass is 10.0. The van der Waals surface area contributed by atoms with Crippen LogP contribution >= 0.6 is 45.2 Å². The van der Waals surface area contributed by atoms with Crippen LogP contribution in [0.2, 0.25) is 0 Å². The van der Waals surface area contributed by atoms with Crippen molar-refractivity contribution in [3.63, 3.8) is 0 Å². The number of phenolic OH excluding ortho intramolecular Hbond substituents is 1. The third-order valence-corrected chi connectivity index (χ3v) is 6.89. The average molecular weight is 687 g/mol. The molecule has 0 aliphatic rings. The van der Waals surface area contributed by atoms with Gasteiger partial charge in [0.05, 0.1) is 15.1 Å². The van der Waals surface area contributed by atoms with Crippen molar-refractivity contribution in [3.05, 3.63) is 48.1 Å². The molecule has 0 radical (unpaired) electrons. The normalized spacial score (nSPS) is 11.5. The van der Waals surface area contributed by atoms with Gasteiger partial charge in [0.25, 0.3) is 0 Å². The maximum absolute atomic E-state index is 12.2. The van der Waals surface area contributed by atoms with Crippen molar-refractivity contribution in [1.82, 2.24) is 0 Å². The molecule has 0 spiro atoms. The van der Waals surface area contributed by atoms with Crippen molar-refractivity contribution in [2.24, 2.45) is 0 Å². The first kappa shape index (κ1) is 26.8. The standard InChI is InChI=1S/C21H22I2O8S/c1-11(2)15-10-14(7-12(3)20(15)32(27,28)29)31-18(24)5-4-6-30-21(26)16-8-13(22)9-17(23)19(16)25/h7-11,25H,4-6H2,1-3H3,(H,27,28,29)/p-1. The molecule has 32 heavy (non-hydrogen) atoms. The summed E-state index contributed by atoms with van der Waals surface area (Å²) in [6.07, 6.45) is 0.135. The van der Waals surface area contributed by atoms with Crippen molar-refractivity contribution in [1.29, 1.82) is 0 Å². The third kappa shape index (κ3) is 7.02. The highest BCUT2D eigenvalue weighted by Gasteiger charge is 2.19. The Balaban J connectivity index is 1.97. The van der Waals surface area contributed by atoms with Crippen molar-refractivity contribution in [2.75, 3.05) is 6.61 Å². The molecule has 2 aromatic rings. The minimum absolute atomic E-state index is 0.0500. The molecular formula is C21H21I2O8S-. The Hall–Kier alpha value is -1.45. The van der Waals surface area contributed by atoms with Crippen molar-refractivity contribution in [2.45, 2.75) is 44.4 Å². The topological polar surface area (TPSA) is 130 Å². The monoisotopic (exact) mass is 687 g/mol. The lowest BCUT2D eigenvalue weighted by Crippen LogP contribution is -2.13. The maximum atomic E-state index is 12.2. The van der Waals surface area contributed by atoms with Crippen LogP contribution in [0.25, 0.3) is 0 Å². The van der Waals surface area contributed by atoms with Gasteiger partial charge >= 0.3 is 11.9 Å². The maximum Gasteiger partial charge on any atom is 0.341 e. The number of aromatic hydroxyl groups is 1. The smallest absolute Gasteiger partial charge is 0.341 e. The Bertz CT molecular complexity index is 1140. The molecule has 11 heteroatoms. The molecule has 0 aromatic heterocycles. The molecule has 0 aliphatic heterocycles. The number of halogens is 2. The van der Waals surface area contributed by atoms with Gasteiger partial charge in [-0.2, -0.15) is 0 Å². The molecule has 0 saturated carbocycles. The van der Waals surface area contributed by atoms with Crippen molar-refractivity contribution in [3.8, 4) is 11.5 Å². The van der Waals surface area contributed by atoms with E-state index < -0.39 is 22.1 Å². The van der Waals surface area contributed by atoms with E-state index in [1.807, 2.05) is 45.2 Å². The zero-order valence-corrected chi connectivity index (χ0v) is 22.6. The van der Waals surface area contributed by atoms with E-state index in [4.69, 9.17) is 9.47 Å². The van der Waals surface area contributed by atoms with Gasteiger partial charge in [-0.25, -0.2) is 13.2 Å². The molecule has 0 aliphatic carbocycles. The Labute approximate surface area is 213 Å². The van der Waals surface area contributed by atoms with E-state index in [1.165, 1.54) is 25.1 Å². The summed E-state index contributed by atoms with van der Waals surface area (Å²) >= 11 is 3.94. The van der Waals surface area contributed by atoms with Crippen molar-refractivity contribution >= 4 is 67.2 Å². The summed E-state index contributed by atoms with van der Waals surface area (Å²) in [5.41, 5.74) is 0.535. The molecule has 0 unspecified atom stereocenters. The molecule has 8 nitrogen and oxygen atoms in total. The number of esters is 2. The van der Waals surface area contributed by atoms with Gasteiger partial charge in [-0.05, 0) is 99.8 Å². The van der Waals surface area contributed by atoms with E-state index in [2.05, 4.69) is 0 Å². The molecule has 2 aromatic carbocycles. The van der Waals surface area contributed by atoms with Crippen LogP contribution in [0.15, 0.2) is 29.2 Å². The number of phenols is 1. The predicted molar refractivity (Wildman–Crippen MR) is 132 cm³/mol. The molecule has 174 valence electrons. The highest BCUT2D eigenvalue weighted by atomic mass is 127. The lowest BCUT2D eigenvalue weighted by Gasteiger charge is -2.19. The van der Waals surface area contributed by atoms with Crippen LogP contribution in [0.3, 0.4) is 0 Å². The predicted octanol–water partition coefficient (Wildman–Crippen LogP) is 4.48. The molecule has 0 bridgehead atoms. The van der Waals surface area contributed by atoms with Crippen molar-refractivity contribution < 1.29 is 37.1 Å². The van der Waals surface area contributed by atoms with Crippen LogP contribution in [0, 0.1) is 14.1 Å². The summed E-state index contributed by atoms with van der Waals surface area (Å²) in [7, 11) is -4.67. The summed E-state index contributed by atoms with van der Waals surface area (Å²) in [6.45, 7) is 4.87. The Kier molecular flexibility index (Phi) is 9.31. The average Bonchev–Trinajstić information content (AvgIpc) is 2.66. The van der Waals surface area contributed by atoms with Crippen LogP contribution in [-0.2, 0) is 19.6 Å². The SMILES string of the molecule is Cc1cc(OC(=O)CCCOC(=O)c2cc(I)cc(I)c2O)cc(C(C)C)c1S(=O)(=O)[O-]. The zero-order chi connectivity index (χ0) is 24.2. The second kappa shape index (κ2) is 11.1. The van der Waals surface area contributed by atoms with E-state index in [1.54, 1.807) is 19.9 Å². The van der Waals surface area contributed by atoms with E-state index >= 15 is 0 Å². The highest BCUT2D eigenvalue weighted by Crippen LogP contribution is 2.31. The van der Waals surface area contributed by atoms with E-state index in [-0.39, 0.29) is 58.5 Å². The Morgan fingerprint density at radius 2 is 1.81 bits per heavy atom. The van der Waals surface area contributed by atoms with Gasteiger partial charge < -0.3 is 19.1 Å². The first-order valence-electron chi connectivity index (χ1n) is 9.47. The van der Waals surface area contributed by atoms with E-state index in [9.17, 15) is 27.7 Å². The second-order valence-electron chi connectivity index (χ2n) is 7.26. The molecule has 0 heterocycles. The molecule has 0 atom stereocenters. The quantitative estimate of drug-likeness (QED) is 0.142. The summed E-state index contributed by atoms with van der Waals surface area (Å²) < 4.78 is 46.4. The number of carbonyl (C=O) groups excluding carboxylic acids is 2. The summed E-state index contributed by atoms with van der Waals surface area (Å²) in [6, 6.07) is 5.93. The minimum Gasteiger partial charge on any atom is -0.744 e. The van der Waals surface area contributed by atoms with Crippen LogP contribution in [0.4, 0.5) is 0 Å². The number of benzene rings is 2. The third-order valence-electron chi connectivity index (χ3n) is 4.39. The molecule has 0 fully saturated rings. The molecule has 1 N–H and O–H groups in total. The first-order chi connectivity index (χ1) is 14.8. The van der Waals surface area contributed by atoms with Gasteiger partial charge in [-0.15, -0.1) is 0 Å². The molecule has 2 rings (SSSR count). The van der Waals surface area contributed by atoms with Gasteiger partial charge in [0.1, 0.15) is 27.2 Å². The van der Waals surface area contributed by atoms with Gasteiger partial charge in [-0.3, -0.25) is 4.79 Å². The summed E-state index contributed by atoms with van der Waals surface area (Å²) in [5, 5.41) is 10.0. The van der Waals surface area contributed by atoms with Crippen LogP contribution in [0.1, 0.15) is 54.1 Å². The number of hydrogen-bond donors (Lipinski definition) is 1. The number of ether oxygens (including phenoxy) is 2. The van der Waals surface area contributed by atoms with Gasteiger partial charge in [0, 0.05) is 9.99 Å². The van der Waals surface area contributed by atoms with Crippen LogP contribution < -0.4 is 4.74 Å². The summed E-state index contributed by atoms with van der Waals surface area (Å²) in [4.78, 5) is 24.0. The number of carbonyl (C=O) groups is 2. The van der Waals surface area contributed by atoms with Gasteiger partial charge in [0.2, 0.25) is 0 Å². The van der Waals surface area contributed by atoms with Gasteiger partial charge in [-0.1, -0.05) is 13.8 Å². The number of hydrogen-bond acceptors (Lipinski definition) is 8. The number of rotatable bonds is 8. The van der Waals surface area contributed by atoms with Crippen LogP contribution in [-0.4, -0.2) is 36.6 Å². The molecule has 0 saturated heterocycles. The Morgan fingerprint density at radius 3 is 2.41 bits per heavy atom. The highest BCUT2D eigenvalue weighted by molar-refractivity contribution is 14.1.